The second-order valence-electron chi connectivity index (χ2n) is 3.10. The van der Waals surface area contributed by atoms with Crippen LogP contribution in [0.4, 0.5) is 0 Å². The van der Waals surface area contributed by atoms with Crippen LogP contribution in [0.5, 0.6) is 0 Å². The third-order valence-corrected chi connectivity index (χ3v) is 2.29. The van der Waals surface area contributed by atoms with Crippen molar-refractivity contribution < 1.29 is 0 Å². The van der Waals surface area contributed by atoms with Crippen LogP contribution in [0.25, 0.3) is 6.08 Å². The molecule has 0 saturated carbocycles. The normalized spacial score (nSPS) is 13.8. The molecule has 0 radical (unpaired) electrons. The van der Waals surface area contributed by atoms with Crippen molar-refractivity contribution in [1.82, 2.24) is 5.32 Å². The second kappa shape index (κ2) is 3.02. The first-order chi connectivity index (χ1) is 5.90. The van der Waals surface area contributed by atoms with Gasteiger partial charge in [-0.3, -0.25) is 0 Å². The number of aryl methyl sites for hydroxylation is 1. The van der Waals surface area contributed by atoms with E-state index in [0.717, 1.165) is 13.0 Å². The van der Waals surface area contributed by atoms with Gasteiger partial charge in [-0.25, -0.2) is 0 Å². The highest BCUT2D eigenvalue weighted by Gasteiger charge is 2.02. The smallest absolute Gasteiger partial charge is 0.0401 e. The Morgan fingerprint density at radius 3 is 3.17 bits per heavy atom. The van der Waals surface area contributed by atoms with Gasteiger partial charge in [0.05, 0.1) is 0 Å². The molecule has 0 amide bonds. The minimum absolute atomic E-state index is 0.968. The van der Waals surface area contributed by atoms with E-state index in [1.54, 1.807) is 0 Å². The van der Waals surface area contributed by atoms with Crippen LogP contribution in [0.3, 0.4) is 0 Å². The fourth-order valence-electron chi connectivity index (χ4n) is 1.50. The molecule has 1 aromatic carbocycles. The van der Waals surface area contributed by atoms with Gasteiger partial charge in [0.2, 0.25) is 0 Å². The molecule has 0 fully saturated rings. The van der Waals surface area contributed by atoms with E-state index in [9.17, 15) is 0 Å². The average Bonchev–Trinajstić information content (AvgIpc) is 2.17. The van der Waals surface area contributed by atoms with Crippen molar-refractivity contribution in [2.45, 2.75) is 19.9 Å². The van der Waals surface area contributed by atoms with E-state index in [1.807, 2.05) is 6.20 Å². The highest BCUT2D eigenvalue weighted by atomic mass is 14.8. The van der Waals surface area contributed by atoms with Gasteiger partial charge in [-0.15, -0.1) is 0 Å². The number of rotatable bonds is 1. The molecule has 1 aliphatic heterocycles. The molecule has 1 heterocycles. The second-order valence-corrected chi connectivity index (χ2v) is 3.10. The molecule has 1 N–H and O–H groups in total. The monoisotopic (exact) mass is 159 g/mol. The van der Waals surface area contributed by atoms with E-state index < -0.39 is 0 Å². The fraction of sp³-hybridized carbons (Fsp3) is 0.273. The SMILES string of the molecule is CCc1ccc2c(c1)C=CNC2. The van der Waals surface area contributed by atoms with Crippen molar-refractivity contribution in [3.63, 3.8) is 0 Å². The lowest BCUT2D eigenvalue weighted by molar-refractivity contribution is 0.857. The maximum absolute atomic E-state index is 3.20. The summed E-state index contributed by atoms with van der Waals surface area (Å²) in [7, 11) is 0. The summed E-state index contributed by atoms with van der Waals surface area (Å²) < 4.78 is 0. The predicted molar refractivity (Wildman–Crippen MR) is 51.7 cm³/mol. The third-order valence-electron chi connectivity index (χ3n) is 2.29. The highest BCUT2D eigenvalue weighted by molar-refractivity contribution is 5.56. The van der Waals surface area contributed by atoms with Crippen molar-refractivity contribution in [2.75, 3.05) is 0 Å². The molecule has 0 saturated heterocycles. The Labute approximate surface area is 73.1 Å². The van der Waals surface area contributed by atoms with Crippen LogP contribution in [0.1, 0.15) is 23.6 Å². The largest absolute Gasteiger partial charge is 0.387 e. The van der Waals surface area contributed by atoms with E-state index in [1.165, 1.54) is 16.7 Å². The summed E-state index contributed by atoms with van der Waals surface area (Å²) in [6, 6.07) is 6.69. The summed E-state index contributed by atoms with van der Waals surface area (Å²) in [5.41, 5.74) is 4.18. The zero-order chi connectivity index (χ0) is 8.39. The van der Waals surface area contributed by atoms with E-state index in [4.69, 9.17) is 0 Å². The molecule has 12 heavy (non-hydrogen) atoms. The molecule has 1 aliphatic rings. The minimum Gasteiger partial charge on any atom is -0.387 e. The summed E-state index contributed by atoms with van der Waals surface area (Å²) in [5.74, 6) is 0. The molecule has 0 atom stereocenters. The van der Waals surface area contributed by atoms with Gasteiger partial charge >= 0.3 is 0 Å². The van der Waals surface area contributed by atoms with Crippen molar-refractivity contribution in [3.05, 3.63) is 41.1 Å². The van der Waals surface area contributed by atoms with Gasteiger partial charge in [0.15, 0.2) is 0 Å². The Kier molecular flexibility index (Phi) is 1.86. The van der Waals surface area contributed by atoms with Gasteiger partial charge in [-0.2, -0.15) is 0 Å². The van der Waals surface area contributed by atoms with Crippen LogP contribution in [0.2, 0.25) is 0 Å². The molecule has 1 aromatic rings. The molecule has 1 nitrogen and oxygen atoms in total. The van der Waals surface area contributed by atoms with Gasteiger partial charge in [-0.05, 0) is 35.4 Å². The van der Waals surface area contributed by atoms with Crippen molar-refractivity contribution in [3.8, 4) is 0 Å². The molecule has 2 rings (SSSR count). The van der Waals surface area contributed by atoms with E-state index in [0.29, 0.717) is 0 Å². The standard InChI is InChI=1S/C11H13N/c1-2-9-3-4-11-8-12-6-5-10(11)7-9/h3-7,12H,2,8H2,1H3. The van der Waals surface area contributed by atoms with Crippen LogP contribution < -0.4 is 5.32 Å². The van der Waals surface area contributed by atoms with Gasteiger partial charge < -0.3 is 5.32 Å². The molecule has 0 spiro atoms. The summed E-state index contributed by atoms with van der Waals surface area (Å²) in [4.78, 5) is 0. The minimum atomic E-state index is 0.968. The van der Waals surface area contributed by atoms with E-state index >= 15 is 0 Å². The number of benzene rings is 1. The van der Waals surface area contributed by atoms with Gasteiger partial charge in [0, 0.05) is 6.54 Å². The Morgan fingerprint density at radius 2 is 2.33 bits per heavy atom. The zero-order valence-electron chi connectivity index (χ0n) is 7.30. The lowest BCUT2D eigenvalue weighted by Crippen LogP contribution is -2.10. The Morgan fingerprint density at radius 1 is 1.42 bits per heavy atom. The molecule has 0 bridgehead atoms. The Bertz CT molecular complexity index is 313. The van der Waals surface area contributed by atoms with Gasteiger partial charge in [0.1, 0.15) is 0 Å². The number of nitrogens with one attached hydrogen (secondary N) is 1. The van der Waals surface area contributed by atoms with Crippen molar-refractivity contribution in [1.29, 1.82) is 0 Å². The highest BCUT2D eigenvalue weighted by Crippen LogP contribution is 2.16. The van der Waals surface area contributed by atoms with Crippen LogP contribution in [0, 0.1) is 0 Å². The van der Waals surface area contributed by atoms with E-state index in [2.05, 4.69) is 36.5 Å². The lowest BCUT2D eigenvalue weighted by Gasteiger charge is -2.12. The summed E-state index contributed by atoms with van der Waals surface area (Å²) in [6.07, 6.45) is 5.27. The molecule has 0 aliphatic carbocycles. The summed E-state index contributed by atoms with van der Waals surface area (Å²) in [6.45, 7) is 3.16. The topological polar surface area (TPSA) is 12.0 Å². The maximum Gasteiger partial charge on any atom is 0.0401 e. The van der Waals surface area contributed by atoms with E-state index in [-0.39, 0.29) is 0 Å². The van der Waals surface area contributed by atoms with Gasteiger partial charge in [-0.1, -0.05) is 25.1 Å². The molecule has 0 unspecified atom stereocenters. The van der Waals surface area contributed by atoms with Crippen LogP contribution >= 0.6 is 0 Å². The summed E-state index contributed by atoms with van der Waals surface area (Å²) >= 11 is 0. The van der Waals surface area contributed by atoms with Crippen molar-refractivity contribution >= 4 is 6.08 Å². The van der Waals surface area contributed by atoms with Crippen molar-refractivity contribution in [2.24, 2.45) is 0 Å². The lowest BCUT2D eigenvalue weighted by atomic mass is 10.0. The molecule has 62 valence electrons. The zero-order valence-corrected chi connectivity index (χ0v) is 7.30. The summed E-state index contributed by atoms with van der Waals surface area (Å²) in [5, 5.41) is 3.20. The van der Waals surface area contributed by atoms with Gasteiger partial charge in [0.25, 0.3) is 0 Å². The van der Waals surface area contributed by atoms with Crippen LogP contribution in [-0.2, 0) is 13.0 Å². The first-order valence-electron chi connectivity index (χ1n) is 4.42. The molecular weight excluding hydrogens is 146 g/mol. The fourth-order valence-corrected chi connectivity index (χ4v) is 1.50. The molecular formula is C11H13N. The first-order valence-corrected chi connectivity index (χ1v) is 4.42. The average molecular weight is 159 g/mol. The third kappa shape index (κ3) is 1.22. The number of hydrogen-bond donors (Lipinski definition) is 1. The quantitative estimate of drug-likeness (QED) is 0.663. The Balaban J connectivity index is 2.44. The number of hydrogen-bond acceptors (Lipinski definition) is 1. The first kappa shape index (κ1) is 7.41. The number of fused-ring (bicyclic) bond motifs is 1. The van der Waals surface area contributed by atoms with Crippen LogP contribution in [0.15, 0.2) is 24.4 Å². The molecule has 1 heteroatoms. The Hall–Kier alpha value is -1.24. The van der Waals surface area contributed by atoms with Crippen LogP contribution in [-0.4, -0.2) is 0 Å². The maximum atomic E-state index is 3.20. The predicted octanol–water partition coefficient (Wildman–Crippen LogP) is 2.32. The molecule has 0 aromatic heterocycles.